The van der Waals surface area contributed by atoms with Crippen LogP contribution in [0.3, 0.4) is 0 Å². The van der Waals surface area contributed by atoms with Crippen LogP contribution in [0.5, 0.6) is 0 Å². The number of halogens is 3. The molecule has 1 aromatic heterocycles. The molecule has 0 spiro atoms. The van der Waals surface area contributed by atoms with Crippen LogP contribution in [0.2, 0.25) is 5.02 Å². The van der Waals surface area contributed by atoms with Crippen LogP contribution in [0, 0.1) is 5.82 Å². The van der Waals surface area contributed by atoms with Crippen molar-refractivity contribution >= 4 is 56.9 Å². The molecule has 2 heterocycles. The highest BCUT2D eigenvalue weighted by atomic mass is 127. The number of carbonyl (C=O) groups is 2. The van der Waals surface area contributed by atoms with Gasteiger partial charge in [0.05, 0.1) is 27.4 Å². The zero-order valence-corrected chi connectivity index (χ0v) is 19.7. The summed E-state index contributed by atoms with van der Waals surface area (Å²) >= 11 is 8.45. The maximum Gasteiger partial charge on any atom is 0.262 e. The normalized spacial score (nSPS) is 15.2. The summed E-state index contributed by atoms with van der Waals surface area (Å²) in [5.74, 6) is -1.25. The summed E-state index contributed by atoms with van der Waals surface area (Å²) in [5.41, 5.74) is 2.36. The van der Waals surface area contributed by atoms with E-state index in [-0.39, 0.29) is 5.56 Å². The fraction of sp³-hybridized carbons (Fsp3) is 0.0800. The molecule has 4 nitrogen and oxygen atoms in total. The fourth-order valence-corrected chi connectivity index (χ4v) is 5.13. The zero-order chi connectivity index (χ0) is 22.6. The second-order valence-electron chi connectivity index (χ2n) is 7.62. The van der Waals surface area contributed by atoms with Gasteiger partial charge < -0.3 is 0 Å². The van der Waals surface area contributed by atoms with Crippen LogP contribution in [-0.2, 0) is 3.55 Å². The highest BCUT2D eigenvalue weighted by molar-refractivity contribution is 14.1. The maximum absolute atomic E-state index is 14.9. The summed E-state index contributed by atoms with van der Waals surface area (Å²) in [6, 6.07) is 20.2. The van der Waals surface area contributed by atoms with Gasteiger partial charge in [0.15, 0.2) is 0 Å². The van der Waals surface area contributed by atoms with Crippen molar-refractivity contribution in [3.63, 3.8) is 0 Å². The largest absolute Gasteiger partial charge is 0.269 e. The SMILES string of the molecule is C[C@](I)(c1cc2cccc(Cl)c2nc1-c1ccccc1F)N1C(=O)c2ccccc2C1=O. The Labute approximate surface area is 202 Å². The fourth-order valence-electron chi connectivity index (χ4n) is 4.06. The molecule has 0 aliphatic carbocycles. The molecule has 5 rings (SSSR count). The van der Waals surface area contributed by atoms with Crippen molar-refractivity contribution in [1.82, 2.24) is 9.88 Å². The van der Waals surface area contributed by atoms with Gasteiger partial charge in [-0.15, -0.1) is 0 Å². The number of benzene rings is 3. The maximum atomic E-state index is 14.9. The number of fused-ring (bicyclic) bond motifs is 2. The predicted molar refractivity (Wildman–Crippen MR) is 130 cm³/mol. The molecule has 1 aliphatic heterocycles. The molecular weight excluding hydrogens is 542 g/mol. The first-order chi connectivity index (χ1) is 15.3. The van der Waals surface area contributed by atoms with E-state index in [1.54, 1.807) is 61.5 Å². The van der Waals surface area contributed by atoms with Crippen LogP contribution < -0.4 is 0 Å². The first-order valence-corrected chi connectivity index (χ1v) is 11.3. The van der Waals surface area contributed by atoms with E-state index in [0.29, 0.717) is 32.9 Å². The lowest BCUT2D eigenvalue weighted by Crippen LogP contribution is -2.43. The summed E-state index contributed by atoms with van der Waals surface area (Å²) < 4.78 is 13.7. The molecule has 0 bridgehead atoms. The van der Waals surface area contributed by atoms with Crippen molar-refractivity contribution < 1.29 is 14.0 Å². The third-order valence-electron chi connectivity index (χ3n) is 5.63. The van der Waals surface area contributed by atoms with E-state index < -0.39 is 21.2 Å². The highest BCUT2D eigenvalue weighted by Gasteiger charge is 2.47. The summed E-state index contributed by atoms with van der Waals surface area (Å²) in [5, 5.41) is 1.16. The highest BCUT2D eigenvalue weighted by Crippen LogP contribution is 2.45. The molecule has 32 heavy (non-hydrogen) atoms. The first-order valence-electron chi connectivity index (χ1n) is 9.82. The van der Waals surface area contributed by atoms with Gasteiger partial charge in [0.1, 0.15) is 9.36 Å². The average Bonchev–Trinajstić information content (AvgIpc) is 3.04. The van der Waals surface area contributed by atoms with Crippen LogP contribution in [-0.4, -0.2) is 21.7 Å². The van der Waals surface area contributed by atoms with Crippen LogP contribution in [0.25, 0.3) is 22.2 Å². The molecule has 1 atom stereocenters. The Morgan fingerprint density at radius 3 is 2.12 bits per heavy atom. The molecule has 0 fully saturated rings. The topological polar surface area (TPSA) is 50.3 Å². The van der Waals surface area contributed by atoms with Gasteiger partial charge in [-0.25, -0.2) is 9.37 Å². The molecule has 0 saturated heterocycles. The van der Waals surface area contributed by atoms with E-state index >= 15 is 0 Å². The van der Waals surface area contributed by atoms with Gasteiger partial charge >= 0.3 is 0 Å². The number of nitrogens with zero attached hydrogens (tertiary/aromatic N) is 2. The Kier molecular flexibility index (Phi) is 5.02. The Morgan fingerprint density at radius 1 is 0.906 bits per heavy atom. The number of para-hydroxylation sites is 1. The molecule has 158 valence electrons. The lowest BCUT2D eigenvalue weighted by Gasteiger charge is -2.34. The summed E-state index contributed by atoms with van der Waals surface area (Å²) in [7, 11) is 0. The minimum absolute atomic E-state index is 0.267. The van der Waals surface area contributed by atoms with Crippen LogP contribution in [0.15, 0.2) is 72.8 Å². The van der Waals surface area contributed by atoms with Crippen molar-refractivity contribution in [2.24, 2.45) is 0 Å². The number of rotatable bonds is 3. The average molecular weight is 557 g/mol. The number of hydrogen-bond acceptors (Lipinski definition) is 3. The second-order valence-corrected chi connectivity index (χ2v) is 10.1. The molecule has 1 aliphatic rings. The molecule has 0 radical (unpaired) electrons. The first kappa shape index (κ1) is 21.0. The van der Waals surface area contributed by atoms with Gasteiger partial charge in [-0.2, -0.15) is 0 Å². The summed E-state index contributed by atoms with van der Waals surface area (Å²) in [4.78, 5) is 32.4. The molecular formula is C25H15ClFIN2O2. The Bertz CT molecular complexity index is 1400. The van der Waals surface area contributed by atoms with E-state index in [4.69, 9.17) is 16.6 Å². The molecule has 0 N–H and O–H groups in total. The second kappa shape index (κ2) is 7.64. The van der Waals surface area contributed by atoms with Crippen LogP contribution >= 0.6 is 34.2 Å². The zero-order valence-electron chi connectivity index (χ0n) is 16.8. The van der Waals surface area contributed by atoms with E-state index in [1.807, 2.05) is 12.1 Å². The third kappa shape index (κ3) is 3.12. The Morgan fingerprint density at radius 2 is 1.50 bits per heavy atom. The van der Waals surface area contributed by atoms with Gasteiger partial charge in [0.25, 0.3) is 11.8 Å². The van der Waals surface area contributed by atoms with Crippen molar-refractivity contribution in [2.45, 2.75) is 10.5 Å². The van der Waals surface area contributed by atoms with E-state index in [0.717, 1.165) is 5.39 Å². The number of aromatic nitrogens is 1. The minimum Gasteiger partial charge on any atom is -0.269 e. The lowest BCUT2D eigenvalue weighted by atomic mass is 9.97. The number of carbonyl (C=O) groups excluding carboxylic acids is 2. The van der Waals surface area contributed by atoms with Gasteiger partial charge in [-0.3, -0.25) is 14.5 Å². The lowest BCUT2D eigenvalue weighted by molar-refractivity contribution is 0.0580. The van der Waals surface area contributed by atoms with Crippen LogP contribution in [0.4, 0.5) is 4.39 Å². The Hall–Kier alpha value is -2.84. The molecule has 4 aromatic rings. The van der Waals surface area contributed by atoms with Crippen molar-refractivity contribution in [2.75, 3.05) is 0 Å². The van der Waals surface area contributed by atoms with Crippen molar-refractivity contribution in [3.05, 3.63) is 100 Å². The van der Waals surface area contributed by atoms with E-state index in [1.165, 1.54) is 11.0 Å². The third-order valence-corrected chi connectivity index (χ3v) is 7.00. The molecule has 3 aromatic carbocycles. The molecule has 0 saturated carbocycles. The Balaban J connectivity index is 1.78. The monoisotopic (exact) mass is 556 g/mol. The van der Waals surface area contributed by atoms with Gasteiger partial charge in [-0.05, 0) is 65.9 Å². The number of hydrogen-bond donors (Lipinski definition) is 0. The van der Waals surface area contributed by atoms with Gasteiger partial charge in [0, 0.05) is 16.5 Å². The van der Waals surface area contributed by atoms with Gasteiger partial charge in [-0.1, -0.05) is 48.0 Å². The number of imide groups is 1. The number of pyridine rings is 1. The van der Waals surface area contributed by atoms with Crippen molar-refractivity contribution in [3.8, 4) is 11.3 Å². The minimum atomic E-state index is -1.15. The van der Waals surface area contributed by atoms with Gasteiger partial charge in [0.2, 0.25) is 0 Å². The smallest absolute Gasteiger partial charge is 0.262 e. The quantitative estimate of drug-likeness (QED) is 0.124. The molecule has 7 heteroatoms. The summed E-state index contributed by atoms with van der Waals surface area (Å²) in [6.45, 7) is 1.76. The standard InChI is InChI=1S/C25H15ClFIN2O2/c1-25(28,30-23(31)15-8-2-3-9-16(15)24(30)32)18-13-14-7-6-11-19(26)21(14)29-22(18)17-10-4-5-12-20(17)27/h2-13H,1H3/t25-/m1/s1. The summed E-state index contributed by atoms with van der Waals surface area (Å²) in [6.07, 6.45) is 0. The number of alkyl halides is 1. The molecule has 0 unspecified atom stereocenters. The predicted octanol–water partition coefficient (Wildman–Crippen LogP) is 6.60. The van der Waals surface area contributed by atoms with E-state index in [9.17, 15) is 14.0 Å². The van der Waals surface area contributed by atoms with Crippen LogP contribution in [0.1, 0.15) is 33.2 Å². The number of amides is 2. The van der Waals surface area contributed by atoms with Crippen molar-refractivity contribution in [1.29, 1.82) is 0 Å². The van der Waals surface area contributed by atoms with E-state index in [2.05, 4.69) is 22.6 Å². The molecule has 2 amide bonds.